The molecule has 2 aromatic rings. The molecule has 0 atom stereocenters. The second-order valence-electron chi connectivity index (χ2n) is 6.63. The minimum absolute atomic E-state index is 0.00568. The maximum Gasteiger partial charge on any atom is 0.256 e. The first-order chi connectivity index (χ1) is 11.9. The third-order valence-electron chi connectivity index (χ3n) is 4.71. The molecule has 1 fully saturated rings. The summed E-state index contributed by atoms with van der Waals surface area (Å²) in [5.41, 5.74) is 2.16. The predicted octanol–water partition coefficient (Wildman–Crippen LogP) is 0.677. The van der Waals surface area contributed by atoms with Gasteiger partial charge in [-0.15, -0.1) is 0 Å². The quantitative estimate of drug-likeness (QED) is 0.850. The van der Waals surface area contributed by atoms with Gasteiger partial charge in [0.1, 0.15) is 6.54 Å². The Labute approximate surface area is 146 Å². The van der Waals surface area contributed by atoms with Crippen LogP contribution in [0.3, 0.4) is 0 Å². The average molecular weight is 344 g/mol. The van der Waals surface area contributed by atoms with E-state index in [0.29, 0.717) is 11.3 Å². The van der Waals surface area contributed by atoms with E-state index in [1.54, 1.807) is 13.8 Å². The Morgan fingerprint density at radius 2 is 2.04 bits per heavy atom. The van der Waals surface area contributed by atoms with Gasteiger partial charge in [-0.25, -0.2) is 4.98 Å². The maximum atomic E-state index is 12.3. The first-order valence-electron chi connectivity index (χ1n) is 8.53. The van der Waals surface area contributed by atoms with E-state index < -0.39 is 0 Å². The molecular formula is C17H24N6O2. The van der Waals surface area contributed by atoms with Crippen LogP contribution in [0.1, 0.15) is 29.8 Å². The third kappa shape index (κ3) is 3.89. The fourth-order valence-electron chi connectivity index (χ4n) is 3.03. The Balaban J connectivity index is 1.53. The van der Waals surface area contributed by atoms with Crippen LogP contribution in [0.2, 0.25) is 0 Å². The molecule has 0 spiro atoms. The number of aromatic nitrogens is 4. The Morgan fingerprint density at radius 3 is 2.68 bits per heavy atom. The van der Waals surface area contributed by atoms with Crippen molar-refractivity contribution in [2.75, 3.05) is 18.0 Å². The van der Waals surface area contributed by atoms with Crippen LogP contribution < -0.4 is 15.8 Å². The van der Waals surface area contributed by atoms with E-state index in [-0.39, 0.29) is 24.1 Å². The molecule has 8 heteroatoms. The monoisotopic (exact) mass is 344 g/mol. The molecule has 8 nitrogen and oxygen atoms in total. The molecule has 0 unspecified atom stereocenters. The highest BCUT2D eigenvalue weighted by atomic mass is 16.2. The molecule has 3 heterocycles. The summed E-state index contributed by atoms with van der Waals surface area (Å²) in [6.45, 7) is 7.20. The Morgan fingerprint density at radius 1 is 1.32 bits per heavy atom. The molecule has 2 N–H and O–H groups in total. The molecule has 2 aromatic heterocycles. The van der Waals surface area contributed by atoms with Gasteiger partial charge in [0.15, 0.2) is 5.82 Å². The van der Waals surface area contributed by atoms with E-state index in [1.807, 2.05) is 13.0 Å². The van der Waals surface area contributed by atoms with Crippen molar-refractivity contribution in [3.63, 3.8) is 0 Å². The number of piperidine rings is 1. The molecule has 3 rings (SSSR count). The van der Waals surface area contributed by atoms with Crippen molar-refractivity contribution in [3.05, 3.63) is 39.7 Å². The number of H-pyrrole nitrogens is 1. The van der Waals surface area contributed by atoms with Crippen molar-refractivity contribution >= 4 is 11.7 Å². The van der Waals surface area contributed by atoms with Gasteiger partial charge in [0.2, 0.25) is 5.91 Å². The summed E-state index contributed by atoms with van der Waals surface area (Å²) >= 11 is 0. The molecule has 0 aliphatic carbocycles. The normalized spacial score (nSPS) is 15.4. The fourth-order valence-corrected chi connectivity index (χ4v) is 3.03. The van der Waals surface area contributed by atoms with Crippen molar-refractivity contribution in [2.45, 2.75) is 46.2 Å². The van der Waals surface area contributed by atoms with Gasteiger partial charge in [-0.3, -0.25) is 19.3 Å². The van der Waals surface area contributed by atoms with Crippen molar-refractivity contribution in [1.29, 1.82) is 0 Å². The predicted molar refractivity (Wildman–Crippen MR) is 94.7 cm³/mol. The number of hydrogen-bond donors (Lipinski definition) is 2. The summed E-state index contributed by atoms with van der Waals surface area (Å²) in [5, 5.41) is 10.3. The van der Waals surface area contributed by atoms with E-state index in [9.17, 15) is 9.59 Å². The molecule has 0 bridgehead atoms. The highest BCUT2D eigenvalue weighted by molar-refractivity contribution is 5.76. The number of amides is 1. The van der Waals surface area contributed by atoms with E-state index in [4.69, 9.17) is 0 Å². The standard InChI is InChI=1S/C17H24N6O2/c1-11-8-15(21-20-11)22-6-4-14(5-7-22)19-16(24)9-23-10-18-13(3)12(2)17(23)25/h8,10,14H,4-7,9H2,1-3H3,(H,19,24)(H,20,21). The number of aryl methyl sites for hydroxylation is 2. The Hall–Kier alpha value is -2.64. The molecule has 0 saturated carbocycles. The van der Waals surface area contributed by atoms with Gasteiger partial charge in [-0.1, -0.05) is 0 Å². The topological polar surface area (TPSA) is 95.9 Å². The number of carbonyl (C=O) groups excluding carboxylic acids is 1. The lowest BCUT2D eigenvalue weighted by Gasteiger charge is -2.32. The number of anilines is 1. The van der Waals surface area contributed by atoms with Crippen LogP contribution in [-0.4, -0.2) is 44.8 Å². The van der Waals surface area contributed by atoms with E-state index in [1.165, 1.54) is 10.9 Å². The summed E-state index contributed by atoms with van der Waals surface area (Å²) in [4.78, 5) is 30.8. The van der Waals surface area contributed by atoms with E-state index in [0.717, 1.165) is 37.4 Å². The molecule has 0 aromatic carbocycles. The van der Waals surface area contributed by atoms with Gasteiger partial charge in [0.05, 0.1) is 6.33 Å². The largest absolute Gasteiger partial charge is 0.355 e. The molecule has 134 valence electrons. The zero-order valence-electron chi connectivity index (χ0n) is 14.9. The van der Waals surface area contributed by atoms with Crippen LogP contribution in [0.4, 0.5) is 5.82 Å². The first kappa shape index (κ1) is 17.2. The second kappa shape index (κ2) is 7.08. The summed E-state index contributed by atoms with van der Waals surface area (Å²) < 4.78 is 1.36. The van der Waals surface area contributed by atoms with Crippen LogP contribution in [0, 0.1) is 20.8 Å². The number of nitrogens with zero attached hydrogens (tertiary/aromatic N) is 4. The van der Waals surface area contributed by atoms with Crippen LogP contribution in [0.15, 0.2) is 17.2 Å². The van der Waals surface area contributed by atoms with Crippen molar-refractivity contribution in [2.24, 2.45) is 0 Å². The second-order valence-corrected chi connectivity index (χ2v) is 6.63. The third-order valence-corrected chi connectivity index (χ3v) is 4.71. The SMILES string of the molecule is Cc1cc(N2CCC(NC(=O)Cn3cnc(C)c(C)c3=O)CC2)n[nH]1. The van der Waals surface area contributed by atoms with Crippen LogP contribution in [0.25, 0.3) is 0 Å². The van der Waals surface area contributed by atoms with Gasteiger partial charge in [0.25, 0.3) is 5.56 Å². The number of rotatable bonds is 4. The number of hydrogen-bond acceptors (Lipinski definition) is 5. The fraction of sp³-hybridized carbons (Fsp3) is 0.529. The van der Waals surface area contributed by atoms with Crippen molar-refractivity contribution < 1.29 is 4.79 Å². The van der Waals surface area contributed by atoms with Gasteiger partial charge in [0, 0.05) is 42.1 Å². The van der Waals surface area contributed by atoms with Crippen LogP contribution >= 0.6 is 0 Å². The molecule has 1 aliphatic rings. The summed E-state index contributed by atoms with van der Waals surface area (Å²) in [5.74, 6) is 0.802. The lowest BCUT2D eigenvalue weighted by Crippen LogP contribution is -2.46. The molecular weight excluding hydrogens is 320 g/mol. The minimum atomic E-state index is -0.161. The van der Waals surface area contributed by atoms with Crippen LogP contribution in [0.5, 0.6) is 0 Å². The summed E-state index contributed by atoms with van der Waals surface area (Å²) in [6.07, 6.45) is 3.15. The molecule has 0 radical (unpaired) electrons. The molecule has 1 amide bonds. The maximum absolute atomic E-state index is 12.3. The molecule has 1 aliphatic heterocycles. The summed E-state index contributed by atoms with van der Waals surface area (Å²) in [7, 11) is 0. The van der Waals surface area contributed by atoms with Gasteiger partial charge >= 0.3 is 0 Å². The van der Waals surface area contributed by atoms with E-state index in [2.05, 4.69) is 25.4 Å². The van der Waals surface area contributed by atoms with Gasteiger partial charge < -0.3 is 10.2 Å². The summed E-state index contributed by atoms with van der Waals surface area (Å²) in [6, 6.07) is 2.15. The number of carbonyl (C=O) groups is 1. The Bertz CT molecular complexity index is 817. The minimum Gasteiger partial charge on any atom is -0.355 e. The van der Waals surface area contributed by atoms with Crippen molar-refractivity contribution in [1.82, 2.24) is 25.1 Å². The number of aromatic amines is 1. The van der Waals surface area contributed by atoms with Crippen LogP contribution in [-0.2, 0) is 11.3 Å². The smallest absolute Gasteiger partial charge is 0.256 e. The lowest BCUT2D eigenvalue weighted by molar-refractivity contribution is -0.122. The lowest BCUT2D eigenvalue weighted by atomic mass is 10.1. The first-order valence-corrected chi connectivity index (χ1v) is 8.53. The van der Waals surface area contributed by atoms with Gasteiger partial charge in [-0.05, 0) is 33.6 Å². The highest BCUT2D eigenvalue weighted by Gasteiger charge is 2.22. The van der Waals surface area contributed by atoms with Crippen molar-refractivity contribution in [3.8, 4) is 0 Å². The molecule has 1 saturated heterocycles. The average Bonchev–Trinajstić information content (AvgIpc) is 3.02. The molecule has 25 heavy (non-hydrogen) atoms. The zero-order chi connectivity index (χ0) is 18.0. The zero-order valence-corrected chi connectivity index (χ0v) is 14.9. The number of nitrogens with one attached hydrogen (secondary N) is 2. The Kier molecular flexibility index (Phi) is 4.87. The highest BCUT2D eigenvalue weighted by Crippen LogP contribution is 2.18. The van der Waals surface area contributed by atoms with E-state index >= 15 is 0 Å². The van der Waals surface area contributed by atoms with Gasteiger partial charge in [-0.2, -0.15) is 5.10 Å².